The number of hydrogen-bond acceptors (Lipinski definition) is 2. The summed E-state index contributed by atoms with van der Waals surface area (Å²) in [5, 5.41) is 1.10. The lowest BCUT2D eigenvalue weighted by atomic mass is 10.1. The monoisotopic (exact) mass is 186 g/mol. The van der Waals surface area contributed by atoms with Gasteiger partial charge in [-0.25, -0.2) is 4.79 Å². The predicted octanol–water partition coefficient (Wildman–Crippen LogP) is 1.38. The predicted molar refractivity (Wildman–Crippen MR) is 55.4 cm³/mol. The van der Waals surface area contributed by atoms with Crippen LogP contribution < -0.4 is 5.73 Å². The Morgan fingerprint density at radius 3 is 3.00 bits per heavy atom. The molecule has 0 aliphatic carbocycles. The van der Waals surface area contributed by atoms with E-state index in [1.165, 1.54) is 0 Å². The molecule has 1 aromatic heterocycles. The summed E-state index contributed by atoms with van der Waals surface area (Å²) in [7, 11) is 0. The first-order valence-corrected chi connectivity index (χ1v) is 4.35. The minimum atomic E-state index is 0.231. The molecule has 0 atom stereocenters. The lowest BCUT2D eigenvalue weighted by molar-refractivity contribution is 0.566. The van der Waals surface area contributed by atoms with Crippen molar-refractivity contribution in [3.05, 3.63) is 41.7 Å². The van der Waals surface area contributed by atoms with Crippen molar-refractivity contribution >= 4 is 16.8 Å². The highest BCUT2D eigenvalue weighted by Gasteiger charge is 2.03. The molecule has 0 aliphatic heterocycles. The first kappa shape index (κ1) is 8.60. The minimum Gasteiger partial charge on any atom is -0.393 e. The van der Waals surface area contributed by atoms with Gasteiger partial charge in [0.25, 0.3) is 0 Å². The average Bonchev–Trinajstić information content (AvgIpc) is 2.62. The normalized spacial score (nSPS) is 10.0. The van der Waals surface area contributed by atoms with Crippen molar-refractivity contribution in [3.63, 3.8) is 0 Å². The van der Waals surface area contributed by atoms with Gasteiger partial charge >= 0.3 is 0 Å². The van der Waals surface area contributed by atoms with Crippen LogP contribution in [0.25, 0.3) is 10.9 Å². The number of nitrogens with two attached hydrogens (primary N) is 1. The van der Waals surface area contributed by atoms with Crippen LogP contribution in [0.5, 0.6) is 0 Å². The number of fused-ring (bicyclic) bond motifs is 1. The van der Waals surface area contributed by atoms with E-state index in [2.05, 4.69) is 4.98 Å². The van der Waals surface area contributed by atoms with E-state index in [4.69, 9.17) is 5.73 Å². The highest BCUT2D eigenvalue weighted by molar-refractivity contribution is 5.83. The molecule has 0 bridgehead atoms. The maximum absolute atomic E-state index is 10.3. The van der Waals surface area contributed by atoms with Crippen molar-refractivity contribution in [3.8, 4) is 0 Å². The third kappa shape index (κ3) is 1.41. The standard InChI is InChI=1S/C11H10N2O/c12-9(7-14)5-8-6-13-11-4-2-1-3-10(8)11/h1-4,6,13H,5,12H2. The Morgan fingerprint density at radius 2 is 2.21 bits per heavy atom. The van der Waals surface area contributed by atoms with Crippen LogP contribution in [0.2, 0.25) is 0 Å². The molecular formula is C11H10N2O. The number of allylic oxidation sites excluding steroid dienone is 1. The molecule has 0 fully saturated rings. The smallest absolute Gasteiger partial charge is 0.145 e. The maximum atomic E-state index is 10.3. The molecular weight excluding hydrogens is 176 g/mol. The molecule has 2 aromatic rings. The second-order valence-corrected chi connectivity index (χ2v) is 3.16. The molecule has 0 unspecified atom stereocenters. The largest absolute Gasteiger partial charge is 0.393 e. The van der Waals surface area contributed by atoms with E-state index >= 15 is 0 Å². The van der Waals surface area contributed by atoms with Gasteiger partial charge in [0.2, 0.25) is 0 Å². The Bertz CT molecular complexity index is 507. The molecule has 1 aromatic carbocycles. The summed E-state index contributed by atoms with van der Waals surface area (Å²) >= 11 is 0. The Hall–Kier alpha value is -1.99. The van der Waals surface area contributed by atoms with E-state index in [1.54, 1.807) is 5.94 Å². The second kappa shape index (κ2) is 3.40. The Labute approximate surface area is 81.2 Å². The minimum absolute atomic E-state index is 0.231. The summed E-state index contributed by atoms with van der Waals surface area (Å²) in [6, 6.07) is 7.90. The van der Waals surface area contributed by atoms with Crippen LogP contribution >= 0.6 is 0 Å². The van der Waals surface area contributed by atoms with E-state index in [-0.39, 0.29) is 5.70 Å². The highest BCUT2D eigenvalue weighted by atomic mass is 16.1. The highest BCUT2D eigenvalue weighted by Crippen LogP contribution is 2.18. The van der Waals surface area contributed by atoms with Gasteiger partial charge in [-0.1, -0.05) is 18.2 Å². The summed E-state index contributed by atoms with van der Waals surface area (Å²) in [5.74, 6) is 1.70. The molecule has 3 N–H and O–H groups in total. The molecule has 70 valence electrons. The molecule has 14 heavy (non-hydrogen) atoms. The molecule has 1 heterocycles. The number of H-pyrrole nitrogens is 1. The average molecular weight is 186 g/mol. The van der Waals surface area contributed by atoms with Crippen molar-refractivity contribution < 1.29 is 4.79 Å². The summed E-state index contributed by atoms with van der Waals surface area (Å²) in [5.41, 5.74) is 7.75. The van der Waals surface area contributed by atoms with Crippen LogP contribution in [0, 0.1) is 0 Å². The van der Waals surface area contributed by atoms with Gasteiger partial charge in [0.05, 0.1) is 5.70 Å². The molecule has 0 saturated carbocycles. The molecule has 3 nitrogen and oxygen atoms in total. The van der Waals surface area contributed by atoms with Crippen molar-refractivity contribution in [1.82, 2.24) is 4.98 Å². The number of para-hydroxylation sites is 1. The number of hydrogen-bond donors (Lipinski definition) is 2. The molecule has 2 rings (SSSR count). The molecule has 3 heteroatoms. The Morgan fingerprint density at radius 1 is 1.43 bits per heavy atom. The van der Waals surface area contributed by atoms with Crippen molar-refractivity contribution in [2.45, 2.75) is 6.42 Å². The SMILES string of the molecule is NC(=C=O)Cc1c[nH]c2ccccc12. The number of aromatic amines is 1. The molecule has 0 aliphatic rings. The summed E-state index contributed by atoms with van der Waals surface area (Å²) in [6.45, 7) is 0. The number of rotatable bonds is 2. The number of aromatic nitrogens is 1. The van der Waals surface area contributed by atoms with Crippen molar-refractivity contribution in [2.75, 3.05) is 0 Å². The summed E-state index contributed by atoms with van der Waals surface area (Å²) in [4.78, 5) is 13.4. The van der Waals surface area contributed by atoms with Crippen molar-refractivity contribution in [1.29, 1.82) is 0 Å². The quantitative estimate of drug-likeness (QED) is 0.696. The lowest BCUT2D eigenvalue weighted by Crippen LogP contribution is -2.01. The Balaban J connectivity index is 2.48. The van der Waals surface area contributed by atoms with E-state index in [0.717, 1.165) is 16.5 Å². The van der Waals surface area contributed by atoms with Gasteiger partial charge in [-0.05, 0) is 11.6 Å². The number of nitrogens with one attached hydrogen (secondary N) is 1. The van der Waals surface area contributed by atoms with Crippen LogP contribution in [0.1, 0.15) is 5.56 Å². The van der Waals surface area contributed by atoms with Crippen LogP contribution in [0.15, 0.2) is 36.2 Å². The zero-order valence-electron chi connectivity index (χ0n) is 7.58. The molecule has 0 amide bonds. The lowest BCUT2D eigenvalue weighted by Gasteiger charge is -1.95. The third-order valence-corrected chi connectivity index (χ3v) is 2.19. The van der Waals surface area contributed by atoms with Crippen molar-refractivity contribution in [2.24, 2.45) is 5.73 Å². The molecule has 0 spiro atoms. The number of carbonyl (C=O) groups excluding carboxylic acids is 1. The van der Waals surface area contributed by atoms with Crippen LogP contribution in [0.3, 0.4) is 0 Å². The zero-order chi connectivity index (χ0) is 9.97. The van der Waals surface area contributed by atoms with E-state index in [1.807, 2.05) is 30.5 Å². The van der Waals surface area contributed by atoms with Gasteiger partial charge in [-0.3, -0.25) is 0 Å². The van der Waals surface area contributed by atoms with Gasteiger partial charge < -0.3 is 10.7 Å². The zero-order valence-corrected chi connectivity index (χ0v) is 7.58. The third-order valence-electron chi connectivity index (χ3n) is 2.19. The fourth-order valence-electron chi connectivity index (χ4n) is 1.52. The Kier molecular flexibility index (Phi) is 2.09. The van der Waals surface area contributed by atoms with Gasteiger partial charge in [0.1, 0.15) is 5.94 Å². The summed E-state index contributed by atoms with van der Waals surface area (Å²) in [6.07, 6.45) is 2.32. The first-order chi connectivity index (χ1) is 6.81. The fraction of sp³-hybridized carbons (Fsp3) is 0.0909. The van der Waals surface area contributed by atoms with Crippen LogP contribution in [0.4, 0.5) is 0 Å². The second-order valence-electron chi connectivity index (χ2n) is 3.16. The maximum Gasteiger partial charge on any atom is 0.145 e. The van der Waals surface area contributed by atoms with Gasteiger partial charge in [-0.2, -0.15) is 0 Å². The molecule has 0 saturated heterocycles. The van der Waals surface area contributed by atoms with Gasteiger partial charge in [0.15, 0.2) is 0 Å². The number of benzene rings is 1. The molecule has 0 radical (unpaired) electrons. The van der Waals surface area contributed by atoms with Crippen LogP contribution in [-0.2, 0) is 11.2 Å². The van der Waals surface area contributed by atoms with Gasteiger partial charge in [-0.15, -0.1) is 0 Å². The first-order valence-electron chi connectivity index (χ1n) is 4.35. The van der Waals surface area contributed by atoms with Gasteiger partial charge in [0, 0.05) is 23.5 Å². The van der Waals surface area contributed by atoms with E-state index in [9.17, 15) is 4.79 Å². The van der Waals surface area contributed by atoms with E-state index < -0.39 is 0 Å². The van der Waals surface area contributed by atoms with Crippen LogP contribution in [-0.4, -0.2) is 10.9 Å². The summed E-state index contributed by atoms with van der Waals surface area (Å²) < 4.78 is 0. The van der Waals surface area contributed by atoms with E-state index in [0.29, 0.717) is 6.42 Å². The fourth-order valence-corrected chi connectivity index (χ4v) is 1.52. The topological polar surface area (TPSA) is 58.9 Å².